The lowest BCUT2D eigenvalue weighted by Crippen LogP contribution is -2.18. The fraction of sp³-hybridized carbons (Fsp3) is 0.833. The molecule has 0 rings (SSSR count). The molecule has 0 atom stereocenters. The summed E-state index contributed by atoms with van der Waals surface area (Å²) in [4.78, 5) is 0. The van der Waals surface area contributed by atoms with E-state index in [-0.39, 0.29) is 18.1 Å². The first-order valence-electron chi connectivity index (χ1n) is 3.40. The lowest BCUT2D eigenvalue weighted by atomic mass is 10.4. The van der Waals surface area contributed by atoms with Gasteiger partial charge in [0, 0.05) is 13.0 Å². The highest BCUT2D eigenvalue weighted by Gasteiger charge is 2.07. The largest absolute Gasteiger partial charge is 0.329 e. The number of rotatable bonds is 5. The van der Waals surface area contributed by atoms with Crippen LogP contribution in [0.4, 0.5) is 0 Å². The van der Waals surface area contributed by atoms with Gasteiger partial charge in [-0.05, 0) is 6.42 Å². The van der Waals surface area contributed by atoms with Gasteiger partial charge < -0.3 is 5.73 Å². The Bertz CT molecular complexity index is 227. The Morgan fingerprint density at radius 1 is 1.36 bits per heavy atom. The van der Waals surface area contributed by atoms with Crippen LogP contribution in [0.2, 0.25) is 0 Å². The maximum absolute atomic E-state index is 10.9. The predicted octanol–water partition coefficient (Wildman–Crippen LogP) is -0.336. The van der Waals surface area contributed by atoms with Gasteiger partial charge in [-0.1, -0.05) is 0 Å². The summed E-state index contributed by atoms with van der Waals surface area (Å²) in [5.74, 6) is 0.107. The van der Waals surface area contributed by atoms with E-state index in [4.69, 9.17) is 11.0 Å². The van der Waals surface area contributed by atoms with Gasteiger partial charge in [0.15, 0.2) is 9.84 Å². The molecule has 0 amide bonds. The smallest absolute Gasteiger partial charge is 0.151 e. The van der Waals surface area contributed by atoms with Crippen molar-refractivity contribution >= 4 is 9.84 Å². The second-order valence-corrected chi connectivity index (χ2v) is 4.51. The molecule has 0 aliphatic carbocycles. The highest BCUT2D eigenvalue weighted by atomic mass is 32.2. The van der Waals surface area contributed by atoms with Gasteiger partial charge >= 0.3 is 0 Å². The van der Waals surface area contributed by atoms with E-state index >= 15 is 0 Å². The number of nitriles is 1. The highest BCUT2D eigenvalue weighted by molar-refractivity contribution is 7.91. The lowest BCUT2D eigenvalue weighted by molar-refractivity contribution is 0.593. The molecular formula is C6H12N2O2S. The molecule has 0 aromatic carbocycles. The summed E-state index contributed by atoms with van der Waals surface area (Å²) in [7, 11) is -2.98. The molecule has 4 nitrogen and oxygen atoms in total. The second-order valence-electron chi connectivity index (χ2n) is 2.20. The predicted molar refractivity (Wildman–Crippen MR) is 42.6 cm³/mol. The van der Waals surface area contributed by atoms with Crippen molar-refractivity contribution in [2.45, 2.75) is 12.8 Å². The van der Waals surface area contributed by atoms with Gasteiger partial charge in [0.2, 0.25) is 0 Å². The molecule has 5 heteroatoms. The first-order valence-corrected chi connectivity index (χ1v) is 5.22. The summed E-state index contributed by atoms with van der Waals surface area (Å²) >= 11 is 0. The van der Waals surface area contributed by atoms with Crippen LogP contribution in [0.15, 0.2) is 0 Å². The van der Waals surface area contributed by atoms with E-state index in [1.54, 1.807) is 0 Å². The normalized spacial score (nSPS) is 10.9. The van der Waals surface area contributed by atoms with E-state index < -0.39 is 9.84 Å². The van der Waals surface area contributed by atoms with Crippen LogP contribution in [0, 0.1) is 11.3 Å². The summed E-state index contributed by atoms with van der Waals surface area (Å²) in [6, 6.07) is 1.89. The molecule has 0 aromatic rings. The van der Waals surface area contributed by atoms with E-state index in [1.807, 2.05) is 6.07 Å². The minimum Gasteiger partial charge on any atom is -0.329 e. The van der Waals surface area contributed by atoms with Crippen molar-refractivity contribution < 1.29 is 8.42 Å². The van der Waals surface area contributed by atoms with Crippen molar-refractivity contribution in [2.75, 3.05) is 18.1 Å². The monoisotopic (exact) mass is 176 g/mol. The van der Waals surface area contributed by atoms with Crippen LogP contribution in [-0.4, -0.2) is 26.5 Å². The standard InChI is InChI=1S/C6H12N2O2S/c7-3-1-2-5-11(9,10)6-4-8/h1-2,4-6,8H2. The number of nitrogens with zero attached hydrogens (tertiary/aromatic N) is 1. The van der Waals surface area contributed by atoms with Crippen molar-refractivity contribution in [3.63, 3.8) is 0 Å². The first-order chi connectivity index (χ1) is 5.12. The van der Waals surface area contributed by atoms with Gasteiger partial charge in [-0.2, -0.15) is 5.26 Å². The first kappa shape index (κ1) is 10.4. The Morgan fingerprint density at radius 2 is 2.00 bits per heavy atom. The van der Waals surface area contributed by atoms with Crippen LogP contribution in [0.1, 0.15) is 12.8 Å². The minimum atomic E-state index is -2.98. The Balaban J connectivity index is 3.67. The van der Waals surface area contributed by atoms with Crippen LogP contribution < -0.4 is 5.73 Å². The molecule has 11 heavy (non-hydrogen) atoms. The fourth-order valence-corrected chi connectivity index (χ4v) is 1.80. The van der Waals surface area contributed by atoms with Gasteiger partial charge in [0.25, 0.3) is 0 Å². The van der Waals surface area contributed by atoms with E-state index in [0.29, 0.717) is 12.8 Å². The highest BCUT2D eigenvalue weighted by Crippen LogP contribution is 1.95. The Morgan fingerprint density at radius 3 is 2.45 bits per heavy atom. The van der Waals surface area contributed by atoms with Crippen molar-refractivity contribution in [3.8, 4) is 6.07 Å². The van der Waals surface area contributed by atoms with E-state index in [2.05, 4.69) is 0 Å². The fourth-order valence-electron chi connectivity index (χ4n) is 0.653. The molecule has 0 spiro atoms. The third-order valence-corrected chi connectivity index (χ3v) is 2.94. The Labute approximate surface area is 66.9 Å². The number of nitrogens with two attached hydrogens (primary N) is 1. The molecule has 0 aliphatic heterocycles. The van der Waals surface area contributed by atoms with Crippen LogP contribution in [0.3, 0.4) is 0 Å². The molecular weight excluding hydrogens is 164 g/mol. The summed E-state index contributed by atoms with van der Waals surface area (Å²) < 4.78 is 21.8. The van der Waals surface area contributed by atoms with Gasteiger partial charge in [0.05, 0.1) is 17.6 Å². The molecule has 0 aromatic heterocycles. The maximum atomic E-state index is 10.9. The summed E-state index contributed by atoms with van der Waals surface area (Å²) in [5.41, 5.74) is 5.07. The Kier molecular flexibility index (Phi) is 4.83. The summed E-state index contributed by atoms with van der Waals surface area (Å²) in [5, 5.41) is 8.12. The molecule has 64 valence electrons. The van der Waals surface area contributed by atoms with E-state index in [0.717, 1.165) is 0 Å². The van der Waals surface area contributed by atoms with Crippen LogP contribution in [-0.2, 0) is 9.84 Å². The third kappa shape index (κ3) is 5.83. The molecule has 0 fully saturated rings. The SMILES string of the molecule is N#CCCCS(=O)(=O)CCN. The number of hydrogen-bond acceptors (Lipinski definition) is 4. The third-order valence-electron chi connectivity index (χ3n) is 1.17. The second kappa shape index (κ2) is 5.10. The topological polar surface area (TPSA) is 84.0 Å². The van der Waals surface area contributed by atoms with Crippen LogP contribution >= 0.6 is 0 Å². The van der Waals surface area contributed by atoms with Crippen molar-refractivity contribution in [3.05, 3.63) is 0 Å². The zero-order valence-electron chi connectivity index (χ0n) is 6.28. The molecule has 0 radical (unpaired) electrons. The number of unbranched alkanes of at least 4 members (excludes halogenated alkanes) is 1. The molecule has 0 heterocycles. The number of sulfone groups is 1. The quantitative estimate of drug-likeness (QED) is 0.581. The molecule has 0 bridgehead atoms. The van der Waals surface area contributed by atoms with Gasteiger partial charge in [-0.15, -0.1) is 0 Å². The van der Waals surface area contributed by atoms with Crippen molar-refractivity contribution in [1.82, 2.24) is 0 Å². The molecule has 0 saturated carbocycles. The molecule has 0 unspecified atom stereocenters. The molecule has 2 N–H and O–H groups in total. The van der Waals surface area contributed by atoms with Gasteiger partial charge in [0.1, 0.15) is 0 Å². The lowest BCUT2D eigenvalue weighted by Gasteiger charge is -1.98. The zero-order chi connectivity index (χ0) is 8.74. The van der Waals surface area contributed by atoms with Gasteiger partial charge in [-0.3, -0.25) is 0 Å². The summed E-state index contributed by atoms with van der Waals surface area (Å²) in [6.07, 6.45) is 0.711. The van der Waals surface area contributed by atoms with Crippen LogP contribution in [0.25, 0.3) is 0 Å². The van der Waals surface area contributed by atoms with Crippen LogP contribution in [0.5, 0.6) is 0 Å². The zero-order valence-corrected chi connectivity index (χ0v) is 7.10. The molecule has 0 aliphatic rings. The summed E-state index contributed by atoms with van der Waals surface area (Å²) in [6.45, 7) is 0.162. The number of hydrogen-bond donors (Lipinski definition) is 1. The minimum absolute atomic E-state index is 0.0262. The van der Waals surface area contributed by atoms with E-state index in [9.17, 15) is 8.42 Å². The maximum Gasteiger partial charge on any atom is 0.151 e. The van der Waals surface area contributed by atoms with Crippen molar-refractivity contribution in [1.29, 1.82) is 5.26 Å². The van der Waals surface area contributed by atoms with Crippen molar-refractivity contribution in [2.24, 2.45) is 5.73 Å². The average molecular weight is 176 g/mol. The Hall–Kier alpha value is -0.600. The van der Waals surface area contributed by atoms with E-state index in [1.165, 1.54) is 0 Å². The van der Waals surface area contributed by atoms with Gasteiger partial charge in [-0.25, -0.2) is 8.42 Å². The average Bonchev–Trinajstić information content (AvgIpc) is 1.87. The molecule has 0 saturated heterocycles.